The summed E-state index contributed by atoms with van der Waals surface area (Å²) in [6.07, 6.45) is -0.241. The number of halogens is 1. The summed E-state index contributed by atoms with van der Waals surface area (Å²) in [5.74, 6) is -9.60. The lowest BCUT2D eigenvalue weighted by Crippen LogP contribution is -2.61. The molecule has 27 nitrogen and oxygen atoms in total. The lowest BCUT2D eigenvalue weighted by molar-refractivity contribution is -0.136. The van der Waals surface area contributed by atoms with E-state index in [2.05, 4.69) is 58.2 Å². The first-order chi connectivity index (χ1) is 36.1. The van der Waals surface area contributed by atoms with Gasteiger partial charge in [0, 0.05) is 67.9 Å². The molecule has 2 heterocycles. The van der Waals surface area contributed by atoms with Crippen molar-refractivity contribution in [1.82, 2.24) is 58.2 Å². The van der Waals surface area contributed by atoms with Crippen LogP contribution in [0.15, 0.2) is 54.7 Å². The normalized spacial score (nSPS) is 20.9. The maximum absolute atomic E-state index is 14.6. The van der Waals surface area contributed by atoms with Crippen LogP contribution in [0.3, 0.4) is 0 Å². The number of para-hydroxylation sites is 1. The van der Waals surface area contributed by atoms with Gasteiger partial charge in [-0.05, 0) is 68.2 Å². The highest BCUT2D eigenvalue weighted by Crippen LogP contribution is 2.21. The standard InChI is InChI=1S/C48H68ClN17O10/c1-25(67)60-32(13-7-19-57-47(52)53)41(71)62-33-14-6-18-56-39(69)17-16-31(40(51)70)61-44(74)36(22-27-24-59-30-12-5-3-10-28(27)30)64-42(72)34(15-8-20-58-48(54)55)63-45(75)35(21-26-9-2-4-11-29(26)49)65-46(76)37(23-38(50)68)66-43(33)73/h2-5,9-12,24,31-37,59H,6-8,13-23H2,1H3,(H2,50,68)(H2,51,70)(H,56,69)(H,60,67)(H,61,74)(H,62,71)(H,63,75)(H,64,72)(H,65,76)(H,66,73)(H4,52,53,57)(H4,54,55,58)/t31?,32-,33-,34-,35+,36-,37-/m0/s1. The summed E-state index contributed by atoms with van der Waals surface area (Å²) in [6.45, 7) is 1.29. The number of nitrogens with one attached hydrogen (secondary N) is 13. The number of carbonyl (C=O) groups is 10. The van der Waals surface area contributed by atoms with Gasteiger partial charge in [0.25, 0.3) is 0 Å². The summed E-state index contributed by atoms with van der Waals surface area (Å²) >= 11 is 6.53. The second-order valence-electron chi connectivity index (χ2n) is 18.0. The number of hydrogen-bond donors (Lipinski definition) is 17. The van der Waals surface area contributed by atoms with Crippen LogP contribution >= 0.6 is 11.6 Å². The van der Waals surface area contributed by atoms with Crippen LogP contribution in [0.5, 0.6) is 0 Å². The van der Waals surface area contributed by atoms with Crippen molar-refractivity contribution in [3.05, 3.63) is 70.9 Å². The van der Waals surface area contributed by atoms with Crippen LogP contribution in [-0.2, 0) is 60.8 Å². The van der Waals surface area contributed by atoms with Crippen molar-refractivity contribution in [3.8, 4) is 0 Å². The molecule has 28 heteroatoms. The first-order valence-corrected chi connectivity index (χ1v) is 24.9. The predicted molar refractivity (Wildman–Crippen MR) is 279 cm³/mol. The second kappa shape index (κ2) is 30.0. The number of fused-ring (bicyclic) bond motifs is 1. The van der Waals surface area contributed by atoms with Crippen LogP contribution in [0.4, 0.5) is 0 Å². The van der Waals surface area contributed by atoms with Crippen LogP contribution < -0.4 is 76.1 Å². The molecule has 1 aromatic heterocycles. The van der Waals surface area contributed by atoms with Crippen molar-refractivity contribution in [2.24, 2.45) is 22.9 Å². The number of rotatable bonds is 18. The molecule has 2 aromatic carbocycles. The van der Waals surface area contributed by atoms with Crippen molar-refractivity contribution in [3.63, 3.8) is 0 Å². The van der Waals surface area contributed by atoms with E-state index in [4.69, 9.17) is 45.4 Å². The Morgan fingerprint density at radius 3 is 1.93 bits per heavy atom. The molecule has 0 radical (unpaired) electrons. The number of aromatic amines is 1. The van der Waals surface area contributed by atoms with Gasteiger partial charge in [-0.2, -0.15) is 0 Å². The summed E-state index contributed by atoms with van der Waals surface area (Å²) in [7, 11) is 0. The average molecular weight is 1080 g/mol. The summed E-state index contributed by atoms with van der Waals surface area (Å²) in [5.41, 5.74) is 23.8. The van der Waals surface area contributed by atoms with Crippen molar-refractivity contribution >= 4 is 93.5 Å². The fourth-order valence-corrected chi connectivity index (χ4v) is 8.37. The fourth-order valence-electron chi connectivity index (χ4n) is 8.16. The minimum Gasteiger partial charge on any atom is -0.370 e. The third-order valence-corrected chi connectivity index (χ3v) is 12.4. The van der Waals surface area contributed by atoms with Gasteiger partial charge in [-0.15, -0.1) is 0 Å². The molecule has 21 N–H and O–H groups in total. The van der Waals surface area contributed by atoms with E-state index in [0.717, 1.165) is 0 Å². The van der Waals surface area contributed by atoms with Gasteiger partial charge in [-0.25, -0.2) is 0 Å². The highest BCUT2D eigenvalue weighted by Gasteiger charge is 2.35. The molecule has 0 spiro atoms. The Bertz CT molecular complexity index is 2610. The van der Waals surface area contributed by atoms with E-state index < -0.39 is 108 Å². The number of hydrogen-bond acceptors (Lipinski definition) is 12. The third-order valence-electron chi connectivity index (χ3n) is 12.0. The highest BCUT2D eigenvalue weighted by molar-refractivity contribution is 6.31. The Morgan fingerprint density at radius 1 is 0.711 bits per heavy atom. The molecule has 1 aliphatic rings. The Labute approximate surface area is 442 Å². The first kappa shape index (κ1) is 60.1. The van der Waals surface area contributed by atoms with E-state index in [1.165, 1.54) is 13.0 Å². The third kappa shape index (κ3) is 20.1. The summed E-state index contributed by atoms with van der Waals surface area (Å²) < 4.78 is 0. The number of guanidine groups is 2. The largest absolute Gasteiger partial charge is 0.370 e. The van der Waals surface area contributed by atoms with Crippen LogP contribution in [0.25, 0.3) is 10.9 Å². The van der Waals surface area contributed by atoms with Gasteiger partial charge in [0.1, 0.15) is 42.3 Å². The maximum atomic E-state index is 14.6. The van der Waals surface area contributed by atoms with Gasteiger partial charge < -0.3 is 81.1 Å². The monoisotopic (exact) mass is 1080 g/mol. The summed E-state index contributed by atoms with van der Waals surface area (Å²) in [5, 5.41) is 41.7. The number of primary amides is 2. The zero-order chi connectivity index (χ0) is 55.9. The molecule has 10 amide bonds. The zero-order valence-electron chi connectivity index (χ0n) is 41.9. The Kier molecular flexibility index (Phi) is 23.7. The Morgan fingerprint density at radius 2 is 1.29 bits per heavy atom. The molecule has 0 bridgehead atoms. The van der Waals surface area contributed by atoms with Crippen LogP contribution in [0.1, 0.15) is 75.8 Å². The van der Waals surface area contributed by atoms with Crippen LogP contribution in [0.2, 0.25) is 5.02 Å². The van der Waals surface area contributed by atoms with Crippen molar-refractivity contribution in [2.45, 2.75) is 120 Å². The summed E-state index contributed by atoms with van der Waals surface area (Å²) in [6, 6.07) is 3.12. The van der Waals surface area contributed by atoms with Crippen molar-refractivity contribution in [2.75, 3.05) is 19.6 Å². The first-order valence-electron chi connectivity index (χ1n) is 24.5. The maximum Gasteiger partial charge on any atom is 0.243 e. The topological polar surface area (TPSA) is 459 Å². The van der Waals surface area contributed by atoms with E-state index in [1.807, 2.05) is 0 Å². The van der Waals surface area contributed by atoms with Gasteiger partial charge in [0.15, 0.2) is 11.9 Å². The molecule has 1 saturated heterocycles. The van der Waals surface area contributed by atoms with Crippen LogP contribution in [-0.4, -0.2) is 138 Å². The average Bonchev–Trinajstić information content (AvgIpc) is 3.76. The van der Waals surface area contributed by atoms with E-state index in [1.54, 1.807) is 48.7 Å². The van der Waals surface area contributed by atoms with E-state index in [9.17, 15) is 47.9 Å². The molecule has 76 heavy (non-hydrogen) atoms. The molecule has 0 aliphatic carbocycles. The molecule has 0 saturated carbocycles. The number of nitrogens with two attached hydrogens (primary N) is 4. The molecule has 4 rings (SSSR count). The van der Waals surface area contributed by atoms with Gasteiger partial charge in [-0.1, -0.05) is 48.0 Å². The van der Waals surface area contributed by atoms with Crippen LogP contribution in [0, 0.1) is 10.8 Å². The molecule has 7 atom stereocenters. The van der Waals surface area contributed by atoms with Crippen molar-refractivity contribution in [1.29, 1.82) is 10.8 Å². The molecular formula is C48H68ClN17O10. The zero-order valence-corrected chi connectivity index (χ0v) is 42.7. The second-order valence-corrected chi connectivity index (χ2v) is 18.5. The Balaban J connectivity index is 1.78. The summed E-state index contributed by atoms with van der Waals surface area (Å²) in [4.78, 5) is 140. The predicted octanol–water partition coefficient (Wildman–Crippen LogP) is -3.40. The minimum absolute atomic E-state index is 0.00137. The number of amides is 10. The van der Waals surface area contributed by atoms with Gasteiger partial charge in [0.2, 0.25) is 59.1 Å². The van der Waals surface area contributed by atoms with E-state index >= 15 is 0 Å². The minimum atomic E-state index is -1.78. The molecule has 3 aromatic rings. The smallest absolute Gasteiger partial charge is 0.243 e. The molecular weight excluding hydrogens is 1010 g/mol. The fraction of sp³-hybridized carbons (Fsp3) is 0.458. The number of benzene rings is 2. The number of aromatic nitrogens is 1. The number of carbonyl (C=O) groups excluding carboxylic acids is 10. The lowest BCUT2D eigenvalue weighted by atomic mass is 10.0. The Hall–Kier alpha value is -8.49. The van der Waals surface area contributed by atoms with E-state index in [-0.39, 0.29) is 101 Å². The molecule has 1 fully saturated rings. The van der Waals surface area contributed by atoms with Gasteiger partial charge in [-0.3, -0.25) is 58.8 Å². The number of H-pyrrole nitrogens is 1. The quantitative estimate of drug-likeness (QED) is 0.0336. The van der Waals surface area contributed by atoms with E-state index in [0.29, 0.717) is 22.0 Å². The lowest BCUT2D eigenvalue weighted by Gasteiger charge is -2.28. The van der Waals surface area contributed by atoms with Gasteiger partial charge >= 0.3 is 0 Å². The molecule has 1 aliphatic heterocycles. The molecule has 1 unspecified atom stereocenters. The SMILES string of the molecule is CC(=O)N[C@@H](CCCNC(=N)N)C(=O)N[C@H]1CCCNC(=O)CCC(C(N)=O)NC(=O)[C@H](Cc2c[nH]c3ccccc23)NC(=O)[C@H](CCCNC(=N)N)NC(=O)[C@@H](Cc2ccccc2Cl)NC(=O)[C@H](CC(N)=O)NC1=O. The molecule has 412 valence electrons. The van der Waals surface area contributed by atoms with Gasteiger partial charge in [0.05, 0.1) is 6.42 Å². The highest BCUT2D eigenvalue weighted by atomic mass is 35.5. The van der Waals surface area contributed by atoms with Crippen molar-refractivity contribution < 1.29 is 47.9 Å².